The Balaban J connectivity index is 1.77. The van der Waals surface area contributed by atoms with Crippen molar-refractivity contribution in [3.8, 4) is 0 Å². The Morgan fingerprint density at radius 2 is 1.84 bits per heavy atom. The van der Waals surface area contributed by atoms with E-state index in [1.807, 2.05) is 55.5 Å². The van der Waals surface area contributed by atoms with Crippen LogP contribution < -0.4 is 10.9 Å². The molecule has 0 aliphatic heterocycles. The molecule has 0 bridgehead atoms. The number of aromatic amines is 1. The van der Waals surface area contributed by atoms with E-state index in [-0.39, 0.29) is 17.9 Å². The van der Waals surface area contributed by atoms with Crippen LogP contribution in [0.3, 0.4) is 0 Å². The van der Waals surface area contributed by atoms with Crippen LogP contribution in [0.4, 0.5) is 5.69 Å². The SMILES string of the molecule is CCOCc1ccccc1NC(=O)Cc1cc2ccccc2[nH]c1=O. The topological polar surface area (TPSA) is 71.2 Å². The van der Waals surface area contributed by atoms with Crippen molar-refractivity contribution in [3.63, 3.8) is 0 Å². The summed E-state index contributed by atoms with van der Waals surface area (Å²) in [4.78, 5) is 27.4. The molecule has 0 radical (unpaired) electrons. The lowest BCUT2D eigenvalue weighted by atomic mass is 10.1. The van der Waals surface area contributed by atoms with Gasteiger partial charge in [0.2, 0.25) is 5.91 Å². The highest BCUT2D eigenvalue weighted by Crippen LogP contribution is 2.17. The monoisotopic (exact) mass is 336 g/mol. The molecule has 25 heavy (non-hydrogen) atoms. The lowest BCUT2D eigenvalue weighted by Gasteiger charge is -2.11. The van der Waals surface area contributed by atoms with Crippen LogP contribution in [0.25, 0.3) is 10.9 Å². The number of rotatable bonds is 6. The Morgan fingerprint density at radius 3 is 2.68 bits per heavy atom. The molecule has 1 amide bonds. The summed E-state index contributed by atoms with van der Waals surface area (Å²) in [5.41, 5.74) is 2.58. The number of fused-ring (bicyclic) bond motifs is 1. The van der Waals surface area contributed by atoms with E-state index >= 15 is 0 Å². The van der Waals surface area contributed by atoms with Crippen LogP contribution in [0.5, 0.6) is 0 Å². The highest BCUT2D eigenvalue weighted by Gasteiger charge is 2.11. The fourth-order valence-electron chi connectivity index (χ4n) is 2.67. The molecule has 0 atom stereocenters. The lowest BCUT2D eigenvalue weighted by Crippen LogP contribution is -2.21. The molecule has 1 aromatic heterocycles. The van der Waals surface area contributed by atoms with Gasteiger partial charge in [0.1, 0.15) is 0 Å². The van der Waals surface area contributed by atoms with Crippen LogP contribution in [0.1, 0.15) is 18.1 Å². The van der Waals surface area contributed by atoms with Gasteiger partial charge in [-0.05, 0) is 30.5 Å². The summed E-state index contributed by atoms with van der Waals surface area (Å²) in [6.07, 6.45) is 0.0170. The van der Waals surface area contributed by atoms with Crippen LogP contribution in [0, 0.1) is 0 Å². The Kier molecular flexibility index (Phi) is 5.26. The number of ether oxygens (including phenoxy) is 1. The van der Waals surface area contributed by atoms with Gasteiger partial charge in [-0.3, -0.25) is 9.59 Å². The van der Waals surface area contributed by atoms with E-state index in [0.717, 1.165) is 16.5 Å². The molecule has 3 rings (SSSR count). The number of nitrogens with one attached hydrogen (secondary N) is 2. The highest BCUT2D eigenvalue weighted by atomic mass is 16.5. The first-order valence-electron chi connectivity index (χ1n) is 8.24. The number of carbonyl (C=O) groups is 1. The third-order valence-corrected chi connectivity index (χ3v) is 3.93. The van der Waals surface area contributed by atoms with Crippen molar-refractivity contribution in [2.45, 2.75) is 20.0 Å². The van der Waals surface area contributed by atoms with Crippen molar-refractivity contribution in [2.75, 3.05) is 11.9 Å². The van der Waals surface area contributed by atoms with E-state index < -0.39 is 0 Å². The fraction of sp³-hybridized carbons (Fsp3) is 0.200. The van der Waals surface area contributed by atoms with Crippen molar-refractivity contribution >= 4 is 22.5 Å². The van der Waals surface area contributed by atoms with Crippen LogP contribution in [0.2, 0.25) is 0 Å². The molecule has 0 aliphatic rings. The van der Waals surface area contributed by atoms with E-state index in [9.17, 15) is 9.59 Å². The number of hydrogen-bond acceptors (Lipinski definition) is 3. The molecule has 128 valence electrons. The molecule has 5 heteroatoms. The summed E-state index contributed by atoms with van der Waals surface area (Å²) in [5.74, 6) is -0.232. The number of amides is 1. The number of H-pyrrole nitrogens is 1. The Bertz CT molecular complexity index is 947. The van der Waals surface area contributed by atoms with Gasteiger partial charge in [-0.1, -0.05) is 36.4 Å². The van der Waals surface area contributed by atoms with Crippen LogP contribution in [-0.4, -0.2) is 17.5 Å². The second kappa shape index (κ2) is 7.77. The standard InChI is InChI=1S/C20H20N2O3/c1-2-25-13-15-8-4-6-10-18(15)21-19(23)12-16-11-14-7-3-5-9-17(14)22-20(16)24/h3-11H,2,12-13H2,1H3,(H,21,23)(H,22,24). The maximum absolute atomic E-state index is 12.4. The van der Waals surface area contributed by atoms with Gasteiger partial charge in [0.15, 0.2) is 0 Å². The van der Waals surface area contributed by atoms with E-state index in [1.54, 1.807) is 6.07 Å². The number of anilines is 1. The van der Waals surface area contributed by atoms with Crippen molar-refractivity contribution in [3.05, 3.63) is 76.1 Å². The predicted octanol–water partition coefficient (Wildman–Crippen LogP) is 3.25. The second-order valence-corrected chi connectivity index (χ2v) is 5.73. The molecule has 0 saturated carbocycles. The van der Waals surface area contributed by atoms with Gasteiger partial charge in [0, 0.05) is 28.9 Å². The van der Waals surface area contributed by atoms with Crippen molar-refractivity contribution < 1.29 is 9.53 Å². The van der Waals surface area contributed by atoms with Crippen LogP contribution in [-0.2, 0) is 22.6 Å². The summed E-state index contributed by atoms with van der Waals surface area (Å²) >= 11 is 0. The molecule has 0 spiro atoms. The minimum Gasteiger partial charge on any atom is -0.377 e. The predicted molar refractivity (Wildman–Crippen MR) is 98.7 cm³/mol. The van der Waals surface area contributed by atoms with Gasteiger partial charge in [-0.2, -0.15) is 0 Å². The molecule has 3 aromatic rings. The molecule has 0 fully saturated rings. The lowest BCUT2D eigenvalue weighted by molar-refractivity contribution is -0.115. The van der Waals surface area contributed by atoms with E-state index in [1.165, 1.54) is 0 Å². The Hall–Kier alpha value is -2.92. The minimum absolute atomic E-state index is 0.0170. The molecule has 2 aromatic carbocycles. The largest absolute Gasteiger partial charge is 0.377 e. The maximum Gasteiger partial charge on any atom is 0.252 e. The van der Waals surface area contributed by atoms with Gasteiger partial charge in [0.05, 0.1) is 13.0 Å². The quantitative estimate of drug-likeness (QED) is 0.726. The number of carbonyl (C=O) groups excluding carboxylic acids is 1. The van der Waals surface area contributed by atoms with E-state index in [2.05, 4.69) is 10.3 Å². The molecule has 0 saturated heterocycles. The van der Waals surface area contributed by atoms with E-state index in [4.69, 9.17) is 4.74 Å². The first-order valence-corrected chi connectivity index (χ1v) is 8.24. The number of pyridine rings is 1. The molecular formula is C20H20N2O3. The Morgan fingerprint density at radius 1 is 1.08 bits per heavy atom. The van der Waals surface area contributed by atoms with Crippen molar-refractivity contribution in [2.24, 2.45) is 0 Å². The summed E-state index contributed by atoms with van der Waals surface area (Å²) < 4.78 is 5.42. The summed E-state index contributed by atoms with van der Waals surface area (Å²) in [5, 5.41) is 3.78. The number of para-hydroxylation sites is 2. The normalized spacial score (nSPS) is 10.8. The summed E-state index contributed by atoms with van der Waals surface area (Å²) in [6, 6.07) is 16.8. The number of aromatic nitrogens is 1. The molecule has 0 aliphatic carbocycles. The molecule has 2 N–H and O–H groups in total. The van der Waals surface area contributed by atoms with E-state index in [0.29, 0.717) is 24.5 Å². The summed E-state index contributed by atoms with van der Waals surface area (Å²) in [7, 11) is 0. The van der Waals surface area contributed by atoms with Gasteiger partial charge in [0.25, 0.3) is 5.56 Å². The molecule has 0 unspecified atom stereocenters. The molecule has 1 heterocycles. The molecule has 5 nitrogen and oxygen atoms in total. The number of hydrogen-bond donors (Lipinski definition) is 2. The number of benzene rings is 2. The van der Waals surface area contributed by atoms with Gasteiger partial charge < -0.3 is 15.0 Å². The Labute approximate surface area is 145 Å². The van der Waals surface area contributed by atoms with Crippen LogP contribution >= 0.6 is 0 Å². The zero-order valence-corrected chi connectivity index (χ0v) is 14.0. The summed E-state index contributed by atoms with van der Waals surface area (Å²) in [6.45, 7) is 2.96. The average Bonchev–Trinajstić information content (AvgIpc) is 2.61. The minimum atomic E-state index is -0.239. The zero-order valence-electron chi connectivity index (χ0n) is 14.0. The smallest absolute Gasteiger partial charge is 0.252 e. The second-order valence-electron chi connectivity index (χ2n) is 5.73. The van der Waals surface area contributed by atoms with Gasteiger partial charge >= 0.3 is 0 Å². The molecular weight excluding hydrogens is 316 g/mol. The van der Waals surface area contributed by atoms with Crippen LogP contribution in [0.15, 0.2) is 59.4 Å². The zero-order chi connectivity index (χ0) is 17.6. The highest BCUT2D eigenvalue weighted by molar-refractivity contribution is 5.93. The van der Waals surface area contributed by atoms with Gasteiger partial charge in [-0.25, -0.2) is 0 Å². The first kappa shape index (κ1) is 16.9. The fourth-order valence-corrected chi connectivity index (χ4v) is 2.67. The van der Waals surface area contributed by atoms with Crippen molar-refractivity contribution in [1.29, 1.82) is 0 Å². The average molecular weight is 336 g/mol. The first-order chi connectivity index (χ1) is 12.2. The van der Waals surface area contributed by atoms with Crippen molar-refractivity contribution in [1.82, 2.24) is 4.98 Å². The van der Waals surface area contributed by atoms with Gasteiger partial charge in [-0.15, -0.1) is 0 Å². The maximum atomic E-state index is 12.4. The third-order valence-electron chi connectivity index (χ3n) is 3.93. The third kappa shape index (κ3) is 4.14.